The maximum Gasteiger partial charge on any atom is 0.189 e. The lowest BCUT2D eigenvalue weighted by molar-refractivity contribution is 0.296. The van der Waals surface area contributed by atoms with Crippen molar-refractivity contribution < 1.29 is 0 Å². The molecule has 1 aliphatic carbocycles. The Morgan fingerprint density at radius 1 is 1.04 bits per heavy atom. The van der Waals surface area contributed by atoms with Crippen molar-refractivity contribution in [3.8, 4) is 0 Å². The van der Waals surface area contributed by atoms with Crippen molar-refractivity contribution in [1.29, 1.82) is 0 Å². The summed E-state index contributed by atoms with van der Waals surface area (Å²) < 4.78 is 0. The Kier molecular flexibility index (Phi) is 8.10. The summed E-state index contributed by atoms with van der Waals surface area (Å²) in [5, 5.41) is 3.40. The number of hydrogen-bond donors (Lipinski definition) is 2. The number of nitrogens with one attached hydrogen (secondary N) is 1. The zero-order valence-corrected chi connectivity index (χ0v) is 15.4. The number of guanidine groups is 1. The first-order valence-corrected chi connectivity index (χ1v) is 9.58. The van der Waals surface area contributed by atoms with Crippen LogP contribution >= 0.6 is 0 Å². The fraction of sp³-hybridized carbons (Fsp3) is 0.650. The fourth-order valence-electron chi connectivity index (χ4n) is 3.31. The maximum absolute atomic E-state index is 6.07. The highest BCUT2D eigenvalue weighted by Gasteiger charge is 2.12. The molecule has 1 fully saturated rings. The van der Waals surface area contributed by atoms with Gasteiger partial charge in [0.25, 0.3) is 0 Å². The molecule has 1 aliphatic rings. The van der Waals surface area contributed by atoms with E-state index in [0.717, 1.165) is 19.6 Å². The van der Waals surface area contributed by atoms with Crippen LogP contribution in [0.4, 0.5) is 0 Å². The Morgan fingerprint density at radius 3 is 2.21 bits per heavy atom. The topological polar surface area (TPSA) is 53.6 Å². The van der Waals surface area contributed by atoms with E-state index in [4.69, 9.17) is 5.73 Å². The van der Waals surface area contributed by atoms with Crippen LogP contribution in [0.15, 0.2) is 29.3 Å². The van der Waals surface area contributed by atoms with Crippen LogP contribution < -0.4 is 11.1 Å². The molecule has 0 amide bonds. The third-order valence-electron chi connectivity index (χ3n) is 4.96. The summed E-state index contributed by atoms with van der Waals surface area (Å²) in [5.74, 6) is 0.592. The van der Waals surface area contributed by atoms with Gasteiger partial charge in [0.2, 0.25) is 0 Å². The van der Waals surface area contributed by atoms with Crippen LogP contribution in [0.5, 0.6) is 0 Å². The highest BCUT2D eigenvalue weighted by atomic mass is 15.1. The molecule has 24 heavy (non-hydrogen) atoms. The van der Waals surface area contributed by atoms with E-state index >= 15 is 0 Å². The Morgan fingerprint density at radius 2 is 1.62 bits per heavy atom. The molecule has 1 aromatic rings. The second kappa shape index (κ2) is 10.3. The molecule has 0 saturated heterocycles. The molecule has 0 bridgehead atoms. The summed E-state index contributed by atoms with van der Waals surface area (Å²) >= 11 is 0. The Hall–Kier alpha value is -1.55. The van der Waals surface area contributed by atoms with Gasteiger partial charge in [-0.1, -0.05) is 63.8 Å². The number of benzene rings is 1. The predicted molar refractivity (Wildman–Crippen MR) is 103 cm³/mol. The first kappa shape index (κ1) is 18.8. The van der Waals surface area contributed by atoms with E-state index in [-0.39, 0.29) is 0 Å². The van der Waals surface area contributed by atoms with E-state index in [1.54, 1.807) is 0 Å². The molecule has 0 aliphatic heterocycles. The lowest BCUT2D eigenvalue weighted by Crippen LogP contribution is -2.39. The molecule has 0 unspecified atom stereocenters. The van der Waals surface area contributed by atoms with E-state index in [1.807, 2.05) is 0 Å². The van der Waals surface area contributed by atoms with Gasteiger partial charge in [-0.15, -0.1) is 0 Å². The summed E-state index contributed by atoms with van der Waals surface area (Å²) in [6, 6.07) is 9.26. The third-order valence-corrected chi connectivity index (χ3v) is 4.96. The van der Waals surface area contributed by atoms with Gasteiger partial charge in [0.15, 0.2) is 5.96 Å². The van der Waals surface area contributed by atoms with Crippen molar-refractivity contribution in [1.82, 2.24) is 10.2 Å². The molecular formula is C20H34N4. The van der Waals surface area contributed by atoms with E-state index in [1.165, 1.54) is 49.7 Å². The molecule has 4 heteroatoms. The molecule has 2 rings (SSSR count). The van der Waals surface area contributed by atoms with Gasteiger partial charge in [0, 0.05) is 12.6 Å². The number of hydrogen-bond acceptors (Lipinski definition) is 2. The van der Waals surface area contributed by atoms with Crippen LogP contribution in [-0.4, -0.2) is 30.0 Å². The summed E-state index contributed by atoms with van der Waals surface area (Å²) in [7, 11) is 0. The van der Waals surface area contributed by atoms with Gasteiger partial charge in [0.05, 0.1) is 6.54 Å². The summed E-state index contributed by atoms with van der Waals surface area (Å²) in [6.07, 6.45) is 7.76. The molecular weight excluding hydrogens is 296 g/mol. The molecule has 134 valence electrons. The minimum Gasteiger partial charge on any atom is -0.370 e. The molecule has 4 nitrogen and oxygen atoms in total. The molecule has 0 aromatic heterocycles. The molecule has 0 spiro atoms. The van der Waals surface area contributed by atoms with Crippen LogP contribution in [0.1, 0.15) is 63.5 Å². The minimum atomic E-state index is 0.507. The van der Waals surface area contributed by atoms with Crippen LogP contribution in [0.3, 0.4) is 0 Å². The maximum atomic E-state index is 6.07. The van der Waals surface area contributed by atoms with Crippen LogP contribution in [-0.2, 0) is 13.1 Å². The average molecular weight is 331 g/mol. The van der Waals surface area contributed by atoms with Gasteiger partial charge < -0.3 is 11.1 Å². The average Bonchev–Trinajstić information content (AvgIpc) is 2.87. The van der Waals surface area contributed by atoms with Crippen molar-refractivity contribution in [2.75, 3.05) is 13.1 Å². The van der Waals surface area contributed by atoms with Gasteiger partial charge in [-0.3, -0.25) is 4.90 Å². The second-order valence-corrected chi connectivity index (χ2v) is 6.81. The summed E-state index contributed by atoms with van der Waals surface area (Å²) in [5.41, 5.74) is 8.64. The predicted octanol–water partition coefficient (Wildman–Crippen LogP) is 3.66. The molecule has 1 saturated carbocycles. The van der Waals surface area contributed by atoms with Gasteiger partial charge in [-0.2, -0.15) is 0 Å². The number of nitrogens with two attached hydrogens (primary N) is 1. The Bertz CT molecular complexity index is 483. The number of nitrogens with zero attached hydrogens (tertiary/aromatic N) is 2. The summed E-state index contributed by atoms with van der Waals surface area (Å²) in [6.45, 7) is 8.25. The third kappa shape index (κ3) is 6.52. The normalized spacial score (nSPS) is 17.0. The van der Waals surface area contributed by atoms with Crippen molar-refractivity contribution in [3.05, 3.63) is 35.4 Å². The fourth-order valence-corrected chi connectivity index (χ4v) is 3.31. The molecule has 3 N–H and O–H groups in total. The lowest BCUT2D eigenvalue weighted by Gasteiger charge is -2.18. The lowest BCUT2D eigenvalue weighted by atomic mass is 10.1. The van der Waals surface area contributed by atoms with E-state index in [9.17, 15) is 0 Å². The highest BCUT2D eigenvalue weighted by Crippen LogP contribution is 2.17. The van der Waals surface area contributed by atoms with Gasteiger partial charge >= 0.3 is 0 Å². The van der Waals surface area contributed by atoms with Crippen molar-refractivity contribution in [3.63, 3.8) is 0 Å². The standard InChI is InChI=1S/C20H34N4/c1-3-24(4-2)16-18-13-11-17(12-14-18)15-22-20(21)23-19-9-7-5-6-8-10-19/h11-14,19H,3-10,15-16H2,1-2H3,(H3,21,22,23). The van der Waals surface area contributed by atoms with Crippen LogP contribution in [0.2, 0.25) is 0 Å². The number of aliphatic imine (C=N–C) groups is 1. The largest absolute Gasteiger partial charge is 0.370 e. The van der Waals surface area contributed by atoms with Crippen molar-refractivity contribution in [2.24, 2.45) is 10.7 Å². The van der Waals surface area contributed by atoms with Gasteiger partial charge in [0.1, 0.15) is 0 Å². The first-order chi connectivity index (χ1) is 11.7. The second-order valence-electron chi connectivity index (χ2n) is 6.81. The quantitative estimate of drug-likeness (QED) is 0.456. The van der Waals surface area contributed by atoms with Gasteiger partial charge in [-0.05, 0) is 37.1 Å². The van der Waals surface area contributed by atoms with Crippen LogP contribution in [0.25, 0.3) is 0 Å². The minimum absolute atomic E-state index is 0.507. The monoisotopic (exact) mass is 330 g/mol. The molecule has 0 radical (unpaired) electrons. The SMILES string of the molecule is CCN(CC)Cc1ccc(CN=C(N)NC2CCCCCC2)cc1. The zero-order valence-electron chi connectivity index (χ0n) is 15.4. The first-order valence-electron chi connectivity index (χ1n) is 9.58. The van der Waals surface area contributed by atoms with E-state index in [2.05, 4.69) is 53.3 Å². The van der Waals surface area contributed by atoms with E-state index in [0.29, 0.717) is 18.5 Å². The van der Waals surface area contributed by atoms with Gasteiger partial charge in [-0.25, -0.2) is 4.99 Å². The molecule has 0 atom stereocenters. The summed E-state index contributed by atoms with van der Waals surface area (Å²) in [4.78, 5) is 6.93. The molecule has 0 heterocycles. The smallest absolute Gasteiger partial charge is 0.189 e. The van der Waals surface area contributed by atoms with Crippen molar-refractivity contribution in [2.45, 2.75) is 71.5 Å². The van der Waals surface area contributed by atoms with Crippen molar-refractivity contribution >= 4 is 5.96 Å². The Labute approximate surface area is 147 Å². The van der Waals surface area contributed by atoms with E-state index < -0.39 is 0 Å². The zero-order chi connectivity index (χ0) is 17.2. The number of rotatable bonds is 7. The highest BCUT2D eigenvalue weighted by molar-refractivity contribution is 5.78. The molecule has 1 aromatic carbocycles. The van der Waals surface area contributed by atoms with Crippen LogP contribution in [0, 0.1) is 0 Å². The Balaban J connectivity index is 1.81.